The zero-order valence-electron chi connectivity index (χ0n) is 10.7. The maximum Gasteiger partial charge on any atom is 0.331 e. The van der Waals surface area contributed by atoms with Gasteiger partial charge in [0.15, 0.2) is 0 Å². The second-order valence-corrected chi connectivity index (χ2v) is 5.86. The van der Waals surface area contributed by atoms with Gasteiger partial charge in [0, 0.05) is 34.7 Å². The first-order valence-electron chi connectivity index (χ1n) is 5.69. The largest absolute Gasteiger partial charge is 0.478 e. The van der Waals surface area contributed by atoms with E-state index in [-0.39, 0.29) is 17.5 Å². The van der Waals surface area contributed by atoms with E-state index in [2.05, 4.69) is 6.92 Å². The number of carbonyl (C=O) groups is 2. The number of thioether (sulfide) groups is 1. The molecule has 17 heavy (non-hydrogen) atoms. The van der Waals surface area contributed by atoms with Gasteiger partial charge in [0.1, 0.15) is 0 Å². The summed E-state index contributed by atoms with van der Waals surface area (Å²) in [6, 6.07) is 0.151. The number of hydrogen-bond acceptors (Lipinski definition) is 3. The summed E-state index contributed by atoms with van der Waals surface area (Å²) in [6.07, 6.45) is 0. The van der Waals surface area contributed by atoms with Gasteiger partial charge in [0.05, 0.1) is 0 Å². The molecule has 2 atom stereocenters. The quantitative estimate of drug-likeness (QED) is 0.766. The third-order valence-corrected chi connectivity index (χ3v) is 4.69. The molecule has 0 spiro atoms. The van der Waals surface area contributed by atoms with E-state index in [0.29, 0.717) is 17.4 Å². The second kappa shape index (κ2) is 5.58. The molecule has 0 radical (unpaired) electrons. The van der Waals surface area contributed by atoms with Crippen LogP contribution in [0.2, 0.25) is 0 Å². The van der Waals surface area contributed by atoms with E-state index in [9.17, 15) is 9.59 Å². The van der Waals surface area contributed by atoms with Crippen molar-refractivity contribution in [1.82, 2.24) is 4.90 Å². The van der Waals surface area contributed by atoms with Crippen molar-refractivity contribution in [2.24, 2.45) is 0 Å². The standard InChI is InChI=1S/C12H19NO3S/c1-7(8(2)12(15)16)11(14)13-5-6-17-10(4)9(13)3/h9-10H,5-6H2,1-4H3,(H,15,16). The predicted molar refractivity (Wildman–Crippen MR) is 69.1 cm³/mol. The van der Waals surface area contributed by atoms with Crippen molar-refractivity contribution in [2.45, 2.75) is 39.0 Å². The lowest BCUT2D eigenvalue weighted by atomic mass is 10.1. The molecular weight excluding hydrogens is 238 g/mol. The van der Waals surface area contributed by atoms with Crippen LogP contribution < -0.4 is 0 Å². The van der Waals surface area contributed by atoms with Crippen LogP contribution in [0.4, 0.5) is 0 Å². The Balaban J connectivity index is 2.90. The van der Waals surface area contributed by atoms with Crippen LogP contribution in [0.3, 0.4) is 0 Å². The van der Waals surface area contributed by atoms with Crippen LogP contribution in [-0.2, 0) is 9.59 Å². The lowest BCUT2D eigenvalue weighted by Gasteiger charge is -2.37. The minimum atomic E-state index is -1.03. The van der Waals surface area contributed by atoms with Gasteiger partial charge in [0.25, 0.3) is 0 Å². The Kier molecular flexibility index (Phi) is 4.62. The molecule has 1 amide bonds. The Morgan fingerprint density at radius 2 is 1.82 bits per heavy atom. The van der Waals surface area contributed by atoms with E-state index in [1.165, 1.54) is 6.92 Å². The van der Waals surface area contributed by atoms with Gasteiger partial charge in [-0.1, -0.05) is 6.92 Å². The molecule has 1 aliphatic heterocycles. The minimum Gasteiger partial charge on any atom is -0.478 e. The summed E-state index contributed by atoms with van der Waals surface area (Å²) in [5.41, 5.74) is 0.469. The van der Waals surface area contributed by atoms with E-state index < -0.39 is 5.97 Å². The maximum atomic E-state index is 12.2. The van der Waals surface area contributed by atoms with Gasteiger partial charge in [-0.15, -0.1) is 0 Å². The summed E-state index contributed by atoms with van der Waals surface area (Å²) in [4.78, 5) is 24.8. The van der Waals surface area contributed by atoms with E-state index in [0.717, 1.165) is 5.75 Å². The Morgan fingerprint density at radius 1 is 1.24 bits per heavy atom. The molecule has 4 nitrogen and oxygen atoms in total. The van der Waals surface area contributed by atoms with Crippen LogP contribution in [0.15, 0.2) is 11.1 Å². The molecule has 1 rings (SSSR count). The van der Waals surface area contributed by atoms with Gasteiger partial charge in [-0.3, -0.25) is 4.79 Å². The van der Waals surface area contributed by atoms with E-state index in [4.69, 9.17) is 5.11 Å². The Morgan fingerprint density at radius 3 is 2.35 bits per heavy atom. The van der Waals surface area contributed by atoms with E-state index in [1.807, 2.05) is 18.7 Å². The molecule has 5 heteroatoms. The van der Waals surface area contributed by atoms with Gasteiger partial charge in [-0.2, -0.15) is 11.8 Å². The highest BCUT2D eigenvalue weighted by molar-refractivity contribution is 8.00. The third-order valence-electron chi connectivity index (χ3n) is 3.35. The summed E-state index contributed by atoms with van der Waals surface area (Å²) in [6.45, 7) is 7.86. The number of carboxylic acids is 1. The molecule has 0 saturated carbocycles. The molecule has 96 valence electrons. The lowest BCUT2D eigenvalue weighted by molar-refractivity contribution is -0.134. The van der Waals surface area contributed by atoms with Gasteiger partial charge in [0.2, 0.25) is 5.91 Å². The molecule has 0 aromatic carbocycles. The van der Waals surface area contributed by atoms with E-state index in [1.54, 1.807) is 11.8 Å². The molecule has 0 bridgehead atoms. The van der Waals surface area contributed by atoms with Gasteiger partial charge in [-0.25, -0.2) is 4.79 Å². The summed E-state index contributed by atoms with van der Waals surface area (Å²) >= 11 is 1.85. The molecule has 1 saturated heterocycles. The lowest BCUT2D eigenvalue weighted by Crippen LogP contribution is -2.48. The van der Waals surface area contributed by atoms with Crippen LogP contribution in [0.25, 0.3) is 0 Å². The molecule has 1 aliphatic rings. The topological polar surface area (TPSA) is 57.6 Å². The van der Waals surface area contributed by atoms with Crippen molar-refractivity contribution in [1.29, 1.82) is 0 Å². The normalized spacial score (nSPS) is 26.5. The number of rotatable bonds is 2. The average Bonchev–Trinajstić information content (AvgIpc) is 2.29. The fourth-order valence-electron chi connectivity index (χ4n) is 1.76. The average molecular weight is 257 g/mol. The number of hydrogen-bond donors (Lipinski definition) is 1. The summed E-state index contributed by atoms with van der Waals surface area (Å²) < 4.78 is 0. The molecule has 1 N–H and O–H groups in total. The molecule has 1 fully saturated rings. The Hall–Kier alpha value is -0.970. The van der Waals surface area contributed by atoms with Crippen molar-refractivity contribution >= 4 is 23.6 Å². The van der Waals surface area contributed by atoms with Crippen LogP contribution in [0.5, 0.6) is 0 Å². The highest BCUT2D eigenvalue weighted by Gasteiger charge is 2.30. The zero-order chi connectivity index (χ0) is 13.2. The van der Waals surface area contributed by atoms with Crippen molar-refractivity contribution in [3.8, 4) is 0 Å². The predicted octanol–water partition coefficient (Wildman–Crippen LogP) is 1.76. The molecule has 1 heterocycles. The monoisotopic (exact) mass is 257 g/mol. The summed E-state index contributed by atoms with van der Waals surface area (Å²) in [5, 5.41) is 9.28. The first-order chi connectivity index (χ1) is 7.86. The number of amides is 1. The number of carbonyl (C=O) groups excluding carboxylic acids is 1. The second-order valence-electron chi connectivity index (χ2n) is 4.37. The van der Waals surface area contributed by atoms with Crippen molar-refractivity contribution in [3.05, 3.63) is 11.1 Å². The Bertz CT molecular complexity index is 365. The van der Waals surface area contributed by atoms with Crippen LogP contribution in [0, 0.1) is 0 Å². The fourth-order valence-corrected chi connectivity index (χ4v) is 2.86. The fraction of sp³-hybridized carbons (Fsp3) is 0.667. The highest BCUT2D eigenvalue weighted by Crippen LogP contribution is 2.25. The molecule has 0 aliphatic carbocycles. The first-order valence-corrected chi connectivity index (χ1v) is 6.74. The first kappa shape index (κ1) is 14.1. The zero-order valence-corrected chi connectivity index (χ0v) is 11.5. The summed E-state index contributed by atoms with van der Waals surface area (Å²) in [7, 11) is 0. The van der Waals surface area contributed by atoms with Crippen molar-refractivity contribution in [3.63, 3.8) is 0 Å². The molecule has 0 aromatic heterocycles. The van der Waals surface area contributed by atoms with Crippen LogP contribution >= 0.6 is 11.8 Å². The van der Waals surface area contributed by atoms with Gasteiger partial charge in [-0.05, 0) is 20.8 Å². The Labute approximate surface area is 106 Å². The van der Waals surface area contributed by atoms with Crippen molar-refractivity contribution < 1.29 is 14.7 Å². The smallest absolute Gasteiger partial charge is 0.331 e. The van der Waals surface area contributed by atoms with Crippen molar-refractivity contribution in [2.75, 3.05) is 12.3 Å². The maximum absolute atomic E-state index is 12.2. The van der Waals surface area contributed by atoms with Crippen LogP contribution in [0.1, 0.15) is 27.7 Å². The summed E-state index contributed by atoms with van der Waals surface area (Å²) in [5.74, 6) is -0.260. The molecular formula is C12H19NO3S. The minimum absolute atomic E-state index is 0.132. The van der Waals surface area contributed by atoms with E-state index >= 15 is 0 Å². The van der Waals surface area contributed by atoms with Gasteiger partial charge < -0.3 is 10.0 Å². The van der Waals surface area contributed by atoms with Crippen LogP contribution in [-0.4, -0.2) is 45.5 Å². The SMILES string of the molecule is CC(C(=O)O)=C(C)C(=O)N1CCSC(C)C1C. The van der Waals surface area contributed by atoms with Gasteiger partial charge >= 0.3 is 5.97 Å². The highest BCUT2D eigenvalue weighted by atomic mass is 32.2. The molecule has 0 aromatic rings. The number of nitrogens with zero attached hydrogens (tertiary/aromatic N) is 1. The molecule has 2 unspecified atom stereocenters. The number of aliphatic carboxylic acids is 1. The number of carboxylic acid groups (broad SMARTS) is 1. The third kappa shape index (κ3) is 3.03.